The van der Waals surface area contributed by atoms with Gasteiger partial charge in [0.25, 0.3) is 0 Å². The van der Waals surface area contributed by atoms with Gasteiger partial charge in [-0.25, -0.2) is 12.1 Å². The summed E-state index contributed by atoms with van der Waals surface area (Å²) in [6.07, 6.45) is 0. The third kappa shape index (κ3) is 7.60. The summed E-state index contributed by atoms with van der Waals surface area (Å²) >= 11 is 0. The average Bonchev–Trinajstić information content (AvgIpc) is 3.04. The van der Waals surface area contributed by atoms with E-state index in [1.165, 1.54) is 16.3 Å². The topological polar surface area (TPSA) is 29.5 Å². The van der Waals surface area contributed by atoms with E-state index in [1.54, 1.807) is 0 Å². The van der Waals surface area contributed by atoms with E-state index in [-0.39, 0.29) is 57.6 Å². The summed E-state index contributed by atoms with van der Waals surface area (Å²) in [6.45, 7) is 2.58. The zero-order chi connectivity index (χ0) is 13.5. The number of rotatable bonds is 3. The Morgan fingerprint density at radius 2 is 1.73 bits per heavy atom. The number of aliphatic hydroxyl groups excluding tert-OH is 1. The third-order valence-electron chi connectivity index (χ3n) is 2.75. The van der Waals surface area contributed by atoms with Crippen LogP contribution in [0.4, 0.5) is 0 Å². The van der Waals surface area contributed by atoms with Crippen LogP contribution in [0.3, 0.4) is 0 Å². The summed E-state index contributed by atoms with van der Waals surface area (Å²) in [7, 11) is 0. The monoisotopic (exact) mass is 414 g/mol. The summed E-state index contributed by atoms with van der Waals surface area (Å²) < 4.78 is 5.05. The molecule has 3 rings (SSSR count). The first-order chi connectivity index (χ1) is 9.29. The molecule has 0 aromatic heterocycles. The minimum atomic E-state index is 0. The fourth-order valence-electron chi connectivity index (χ4n) is 1.92. The van der Waals surface area contributed by atoms with Gasteiger partial charge in [-0.3, -0.25) is 0 Å². The van der Waals surface area contributed by atoms with E-state index >= 15 is 0 Å². The van der Waals surface area contributed by atoms with Crippen molar-refractivity contribution in [2.24, 2.45) is 0 Å². The van der Waals surface area contributed by atoms with Crippen molar-refractivity contribution < 1.29 is 60.9 Å². The Hall–Kier alpha value is -0.597. The molecule has 0 aliphatic heterocycles. The fourth-order valence-corrected chi connectivity index (χ4v) is 1.92. The number of fused-ring (bicyclic) bond motifs is 1. The minimum Gasteiger partial charge on any atom is -1.00 e. The fraction of sp³-hybridized carbons (Fsp3) is 0.176. The molecule has 1 N–H and O–H groups in total. The molecule has 0 heterocycles. The van der Waals surface area contributed by atoms with Gasteiger partial charge in [-0.05, 0) is 0 Å². The van der Waals surface area contributed by atoms with Crippen molar-refractivity contribution in [2.45, 2.75) is 6.92 Å². The predicted octanol–water partition coefficient (Wildman–Crippen LogP) is -2.35. The molecule has 0 fully saturated rings. The minimum absolute atomic E-state index is 0. The Morgan fingerprint density at radius 3 is 2.32 bits per heavy atom. The summed E-state index contributed by atoms with van der Waals surface area (Å²) in [5.41, 5.74) is 1.35. The van der Waals surface area contributed by atoms with Gasteiger partial charge in [-0.2, -0.15) is 6.07 Å². The summed E-state index contributed by atoms with van der Waals surface area (Å²) in [5.74, 6) is 0.823. The number of ether oxygens (including phenoxy) is 1. The van der Waals surface area contributed by atoms with Crippen LogP contribution in [0.25, 0.3) is 10.8 Å². The molecule has 0 atom stereocenters. The van der Waals surface area contributed by atoms with Gasteiger partial charge < -0.3 is 34.7 Å². The maximum Gasteiger partial charge on any atom is 4.00 e. The molecule has 0 bridgehead atoms. The second kappa shape index (κ2) is 12.9. The van der Waals surface area contributed by atoms with Crippen LogP contribution in [0.1, 0.15) is 5.56 Å². The van der Waals surface area contributed by atoms with Crippen LogP contribution in [0, 0.1) is 6.92 Å². The van der Waals surface area contributed by atoms with E-state index < -0.39 is 0 Å². The van der Waals surface area contributed by atoms with Crippen molar-refractivity contribution in [3.05, 3.63) is 66.2 Å². The van der Waals surface area contributed by atoms with Crippen LogP contribution in [-0.4, -0.2) is 18.3 Å². The quantitative estimate of drug-likeness (QED) is 0.485. The summed E-state index contributed by atoms with van der Waals surface area (Å²) in [5, 5.41) is 11.0. The number of hydrogen-bond donors (Lipinski definition) is 1. The molecule has 2 nitrogen and oxygen atoms in total. The van der Waals surface area contributed by atoms with Crippen LogP contribution < -0.4 is 29.6 Å². The van der Waals surface area contributed by atoms with E-state index in [1.807, 2.05) is 24.3 Å². The summed E-state index contributed by atoms with van der Waals surface area (Å²) in [6, 6.07) is 20.3. The largest absolute Gasteiger partial charge is 4.00 e. The normalized spacial score (nSPS) is 8.64. The van der Waals surface area contributed by atoms with E-state index in [0.29, 0.717) is 6.61 Å². The molecule has 0 saturated carbocycles. The van der Waals surface area contributed by atoms with Gasteiger partial charge in [0.05, 0.1) is 13.2 Å². The maximum absolute atomic E-state index is 8.34. The van der Waals surface area contributed by atoms with Crippen molar-refractivity contribution in [1.82, 2.24) is 0 Å². The summed E-state index contributed by atoms with van der Waals surface area (Å²) in [4.78, 5) is 0. The molecule has 0 radical (unpaired) electrons. The van der Waals surface area contributed by atoms with Gasteiger partial charge in [0, 0.05) is 5.75 Å². The van der Waals surface area contributed by atoms with Crippen LogP contribution in [0.15, 0.2) is 60.7 Å². The first-order valence-corrected chi connectivity index (χ1v) is 6.37. The Bertz CT molecular complexity index is 573. The third-order valence-corrected chi connectivity index (χ3v) is 2.75. The second-order valence-corrected chi connectivity index (χ2v) is 4.35. The van der Waals surface area contributed by atoms with Gasteiger partial charge in [0.2, 0.25) is 0 Å². The number of aliphatic hydroxyl groups is 1. The molecule has 0 spiro atoms. The molecule has 0 aliphatic carbocycles. The molecule has 0 amide bonds. The SMILES string of the molecule is Cc1cc2ccccc2[cH-]1.OCCO[c-]1cccc1.[Cl-].[Cl-].[Zr+4]. The van der Waals surface area contributed by atoms with Crippen molar-refractivity contribution in [3.8, 4) is 5.75 Å². The molecule has 3 aromatic carbocycles. The maximum atomic E-state index is 8.34. The Kier molecular flexibility index (Phi) is 13.9. The average molecular weight is 416 g/mol. The molecule has 5 heteroatoms. The van der Waals surface area contributed by atoms with E-state index in [9.17, 15) is 0 Å². The molecule has 0 saturated heterocycles. The molecule has 3 aromatic rings. The zero-order valence-corrected chi connectivity index (χ0v) is 16.3. The van der Waals surface area contributed by atoms with Gasteiger partial charge in [0.1, 0.15) is 0 Å². The van der Waals surface area contributed by atoms with Crippen molar-refractivity contribution in [2.75, 3.05) is 13.2 Å². The second-order valence-electron chi connectivity index (χ2n) is 4.35. The van der Waals surface area contributed by atoms with Crippen LogP contribution in [0.5, 0.6) is 5.75 Å². The smallest absolute Gasteiger partial charge is 1.00 e. The molecule has 0 unspecified atom stereocenters. The molecular formula is C17H18Cl2O2Zr. The van der Waals surface area contributed by atoms with Gasteiger partial charge in [0.15, 0.2) is 0 Å². The zero-order valence-electron chi connectivity index (χ0n) is 12.3. The number of aryl methyl sites for hydroxylation is 1. The van der Waals surface area contributed by atoms with Crippen LogP contribution in [0.2, 0.25) is 0 Å². The van der Waals surface area contributed by atoms with Crippen LogP contribution in [-0.2, 0) is 26.2 Å². The van der Waals surface area contributed by atoms with Crippen LogP contribution >= 0.6 is 0 Å². The van der Waals surface area contributed by atoms with Gasteiger partial charge in [-0.1, -0.05) is 13.0 Å². The Labute approximate surface area is 163 Å². The van der Waals surface area contributed by atoms with E-state index in [2.05, 4.69) is 43.3 Å². The molecule has 116 valence electrons. The van der Waals surface area contributed by atoms with Gasteiger partial charge >= 0.3 is 26.2 Å². The number of benzene rings is 1. The molecule has 22 heavy (non-hydrogen) atoms. The Morgan fingerprint density at radius 1 is 1.09 bits per heavy atom. The molecule has 0 aliphatic rings. The molecular weight excluding hydrogens is 398 g/mol. The predicted molar refractivity (Wildman–Crippen MR) is 78.9 cm³/mol. The number of hydrogen-bond acceptors (Lipinski definition) is 2. The number of halogens is 2. The standard InChI is InChI=1S/C10H9.C7H9O2.2ClH.Zr/c1-8-6-9-4-2-3-5-10(9)7-8;8-5-6-9-7-3-1-2-4-7;;;/h2-7H,1H3;1-4,8H,5-6H2;2*1H;/q2*-1;;;+4/p-2. The first kappa shape index (κ1) is 23.7. The Balaban J connectivity index is 0. The van der Waals surface area contributed by atoms with Crippen molar-refractivity contribution >= 4 is 10.8 Å². The van der Waals surface area contributed by atoms with E-state index in [4.69, 9.17) is 9.84 Å². The van der Waals surface area contributed by atoms with Crippen molar-refractivity contribution in [1.29, 1.82) is 0 Å². The van der Waals surface area contributed by atoms with E-state index in [0.717, 1.165) is 5.75 Å². The van der Waals surface area contributed by atoms with Crippen molar-refractivity contribution in [3.63, 3.8) is 0 Å². The van der Waals surface area contributed by atoms with Gasteiger partial charge in [-0.15, -0.1) is 52.7 Å². The first-order valence-electron chi connectivity index (χ1n) is 6.37.